The number of carboxylic acid groups (broad SMARTS) is 1. The van der Waals surface area contributed by atoms with Gasteiger partial charge in [-0.15, -0.1) is 0 Å². The van der Waals surface area contributed by atoms with E-state index in [0.29, 0.717) is 11.3 Å². The molecule has 0 radical (unpaired) electrons. The summed E-state index contributed by atoms with van der Waals surface area (Å²) >= 11 is 0. The Morgan fingerprint density at radius 2 is 2.31 bits per heavy atom. The van der Waals surface area contributed by atoms with Gasteiger partial charge in [-0.3, -0.25) is 0 Å². The minimum Gasteiger partial charge on any atom is -0.475 e. The predicted molar refractivity (Wildman–Crippen MR) is 55.7 cm³/mol. The van der Waals surface area contributed by atoms with Crippen molar-refractivity contribution < 1.29 is 9.90 Å². The summed E-state index contributed by atoms with van der Waals surface area (Å²) in [6.45, 7) is 0. The minimum absolute atomic E-state index is 0.114. The normalized spacial score (nSPS) is 9.69. The van der Waals surface area contributed by atoms with Crippen molar-refractivity contribution in [2.75, 3.05) is 0 Å². The molecule has 16 heavy (non-hydrogen) atoms. The number of aromatic nitrogens is 2. The first kappa shape index (κ1) is 9.93. The second-order valence-electron chi connectivity index (χ2n) is 3.14. The number of nitriles is 1. The van der Waals surface area contributed by atoms with E-state index in [1.54, 1.807) is 24.3 Å². The van der Waals surface area contributed by atoms with E-state index >= 15 is 0 Å². The van der Waals surface area contributed by atoms with Gasteiger partial charge in [0.1, 0.15) is 0 Å². The van der Waals surface area contributed by atoms with E-state index < -0.39 is 5.97 Å². The van der Waals surface area contributed by atoms with Crippen molar-refractivity contribution >= 4 is 5.97 Å². The number of benzene rings is 1. The summed E-state index contributed by atoms with van der Waals surface area (Å²) in [6.07, 6.45) is 1.43. The largest absolute Gasteiger partial charge is 0.475 e. The molecule has 0 spiro atoms. The summed E-state index contributed by atoms with van der Waals surface area (Å²) in [5, 5.41) is 17.4. The van der Waals surface area contributed by atoms with Crippen LogP contribution in [0.25, 0.3) is 11.3 Å². The maximum Gasteiger partial charge on any atom is 0.371 e. The van der Waals surface area contributed by atoms with Crippen LogP contribution in [0.5, 0.6) is 0 Å². The molecule has 78 valence electrons. The van der Waals surface area contributed by atoms with Gasteiger partial charge in [0.25, 0.3) is 0 Å². The summed E-state index contributed by atoms with van der Waals surface area (Å²) in [5.74, 6) is -1.22. The highest BCUT2D eigenvalue weighted by molar-refractivity contribution is 5.84. The van der Waals surface area contributed by atoms with Crippen LogP contribution in [-0.4, -0.2) is 21.0 Å². The van der Waals surface area contributed by atoms with Crippen LogP contribution in [0.4, 0.5) is 0 Å². The number of hydrogen-bond acceptors (Lipinski definition) is 3. The lowest BCUT2D eigenvalue weighted by Gasteiger charge is -1.96. The Bertz CT molecular complexity index is 581. The molecule has 1 heterocycles. The summed E-state index contributed by atoms with van der Waals surface area (Å²) < 4.78 is 0. The third-order valence-electron chi connectivity index (χ3n) is 2.08. The summed E-state index contributed by atoms with van der Waals surface area (Å²) in [4.78, 5) is 17.0. The average molecular weight is 213 g/mol. The van der Waals surface area contributed by atoms with E-state index in [0.717, 1.165) is 5.56 Å². The second-order valence-corrected chi connectivity index (χ2v) is 3.14. The van der Waals surface area contributed by atoms with Gasteiger partial charge in [0, 0.05) is 5.56 Å². The number of hydrogen-bond donors (Lipinski definition) is 2. The molecule has 0 saturated heterocycles. The molecule has 0 amide bonds. The maximum absolute atomic E-state index is 10.6. The van der Waals surface area contributed by atoms with Crippen molar-refractivity contribution in [1.82, 2.24) is 9.97 Å². The highest BCUT2D eigenvalue weighted by atomic mass is 16.4. The van der Waals surface area contributed by atoms with Crippen LogP contribution in [0.15, 0.2) is 30.5 Å². The van der Waals surface area contributed by atoms with Crippen molar-refractivity contribution in [2.45, 2.75) is 0 Å². The SMILES string of the molecule is N#Cc1cccc(-c2cnc(C(=O)O)[nH]2)c1. The zero-order valence-corrected chi connectivity index (χ0v) is 8.14. The standard InChI is InChI=1S/C11H7N3O2/c12-5-7-2-1-3-8(4-7)9-6-13-10(14-9)11(15)16/h1-4,6H,(H,13,14)(H,15,16). The van der Waals surface area contributed by atoms with E-state index in [4.69, 9.17) is 10.4 Å². The Morgan fingerprint density at radius 3 is 2.94 bits per heavy atom. The Hall–Kier alpha value is -2.61. The quantitative estimate of drug-likeness (QED) is 0.793. The highest BCUT2D eigenvalue weighted by Crippen LogP contribution is 2.18. The molecule has 1 aromatic carbocycles. The van der Waals surface area contributed by atoms with Crippen LogP contribution in [0, 0.1) is 11.3 Å². The van der Waals surface area contributed by atoms with Gasteiger partial charge in [0.15, 0.2) is 0 Å². The Balaban J connectivity index is 2.43. The fourth-order valence-corrected chi connectivity index (χ4v) is 1.33. The van der Waals surface area contributed by atoms with Crippen molar-refractivity contribution in [1.29, 1.82) is 5.26 Å². The zero-order chi connectivity index (χ0) is 11.5. The molecular formula is C11H7N3O2. The van der Waals surface area contributed by atoms with Crippen LogP contribution in [0.1, 0.15) is 16.2 Å². The van der Waals surface area contributed by atoms with Crippen molar-refractivity contribution in [3.8, 4) is 17.3 Å². The lowest BCUT2D eigenvalue weighted by molar-refractivity contribution is 0.0685. The van der Waals surface area contributed by atoms with Gasteiger partial charge >= 0.3 is 5.97 Å². The molecule has 0 bridgehead atoms. The van der Waals surface area contributed by atoms with Gasteiger partial charge in [0.05, 0.1) is 23.5 Å². The molecule has 0 atom stereocenters. The minimum atomic E-state index is -1.11. The van der Waals surface area contributed by atoms with Crippen LogP contribution in [0.2, 0.25) is 0 Å². The molecule has 2 aromatic rings. The number of carboxylic acids is 1. The topological polar surface area (TPSA) is 89.8 Å². The molecule has 0 aliphatic heterocycles. The number of nitrogens with one attached hydrogen (secondary N) is 1. The molecule has 5 heteroatoms. The summed E-state index contributed by atoms with van der Waals surface area (Å²) in [7, 11) is 0. The van der Waals surface area contributed by atoms with Crippen LogP contribution < -0.4 is 0 Å². The molecule has 0 aliphatic carbocycles. The van der Waals surface area contributed by atoms with E-state index in [9.17, 15) is 4.79 Å². The molecule has 0 saturated carbocycles. The number of aromatic carboxylic acids is 1. The first-order valence-electron chi connectivity index (χ1n) is 4.49. The van der Waals surface area contributed by atoms with E-state index in [1.165, 1.54) is 6.20 Å². The fourth-order valence-electron chi connectivity index (χ4n) is 1.33. The first-order valence-corrected chi connectivity index (χ1v) is 4.49. The molecule has 2 N–H and O–H groups in total. The summed E-state index contributed by atoms with van der Waals surface area (Å²) in [5.41, 5.74) is 1.83. The number of H-pyrrole nitrogens is 1. The van der Waals surface area contributed by atoms with Crippen molar-refractivity contribution in [3.05, 3.63) is 41.9 Å². The number of aromatic amines is 1. The zero-order valence-electron chi connectivity index (χ0n) is 8.14. The van der Waals surface area contributed by atoms with E-state index in [2.05, 4.69) is 9.97 Å². The maximum atomic E-state index is 10.6. The van der Waals surface area contributed by atoms with Gasteiger partial charge in [-0.25, -0.2) is 9.78 Å². The molecule has 0 unspecified atom stereocenters. The molecular weight excluding hydrogens is 206 g/mol. The predicted octanol–water partition coefficient (Wildman–Crippen LogP) is 1.65. The third-order valence-corrected chi connectivity index (χ3v) is 2.08. The van der Waals surface area contributed by atoms with Crippen LogP contribution >= 0.6 is 0 Å². The Kier molecular flexibility index (Phi) is 2.40. The highest BCUT2D eigenvalue weighted by Gasteiger charge is 2.08. The van der Waals surface area contributed by atoms with E-state index in [-0.39, 0.29) is 5.82 Å². The molecule has 0 aliphatic rings. The lowest BCUT2D eigenvalue weighted by atomic mass is 10.1. The van der Waals surface area contributed by atoms with Crippen LogP contribution in [-0.2, 0) is 0 Å². The lowest BCUT2D eigenvalue weighted by Crippen LogP contribution is -1.98. The van der Waals surface area contributed by atoms with Gasteiger partial charge < -0.3 is 10.1 Å². The number of nitrogens with zero attached hydrogens (tertiary/aromatic N) is 2. The molecule has 0 fully saturated rings. The summed E-state index contributed by atoms with van der Waals surface area (Å²) in [6, 6.07) is 8.87. The monoisotopic (exact) mass is 213 g/mol. The number of rotatable bonds is 2. The number of imidazole rings is 1. The second kappa shape index (κ2) is 3.87. The van der Waals surface area contributed by atoms with Gasteiger partial charge in [-0.2, -0.15) is 5.26 Å². The average Bonchev–Trinajstić information content (AvgIpc) is 2.78. The van der Waals surface area contributed by atoms with Gasteiger partial charge in [-0.05, 0) is 12.1 Å². The van der Waals surface area contributed by atoms with Gasteiger partial charge in [-0.1, -0.05) is 12.1 Å². The Morgan fingerprint density at radius 1 is 1.50 bits per heavy atom. The van der Waals surface area contributed by atoms with Crippen LogP contribution in [0.3, 0.4) is 0 Å². The van der Waals surface area contributed by atoms with E-state index in [1.807, 2.05) is 6.07 Å². The molecule has 5 nitrogen and oxygen atoms in total. The number of carbonyl (C=O) groups is 1. The molecule has 2 rings (SSSR count). The third kappa shape index (κ3) is 1.77. The Labute approximate surface area is 91.0 Å². The molecule has 1 aromatic heterocycles. The first-order chi connectivity index (χ1) is 7.70. The fraction of sp³-hybridized carbons (Fsp3) is 0. The van der Waals surface area contributed by atoms with Crippen molar-refractivity contribution in [3.63, 3.8) is 0 Å². The van der Waals surface area contributed by atoms with Crippen molar-refractivity contribution in [2.24, 2.45) is 0 Å². The smallest absolute Gasteiger partial charge is 0.371 e. The van der Waals surface area contributed by atoms with Gasteiger partial charge in [0.2, 0.25) is 5.82 Å².